The van der Waals surface area contributed by atoms with Crippen LogP contribution >= 0.6 is 34.8 Å². The van der Waals surface area contributed by atoms with Crippen LogP contribution < -0.4 is 5.73 Å². The summed E-state index contributed by atoms with van der Waals surface area (Å²) in [6.07, 6.45) is 0. The Morgan fingerprint density at radius 3 is 2.50 bits per heavy atom. The Morgan fingerprint density at radius 1 is 1.19 bits per heavy atom. The first kappa shape index (κ1) is 11.5. The smallest absolute Gasteiger partial charge is 0.267 e. The van der Waals surface area contributed by atoms with Gasteiger partial charge in [0.1, 0.15) is 5.69 Å². The third kappa shape index (κ3) is 1.82. The molecule has 82 valence electrons. The monoisotopic (exact) mass is 274 g/mol. The predicted octanol–water partition coefficient (Wildman–Crippen LogP) is 3.29. The summed E-state index contributed by atoms with van der Waals surface area (Å²) in [5.41, 5.74) is 5.66. The molecule has 1 heterocycles. The average molecular weight is 276 g/mol. The van der Waals surface area contributed by atoms with Gasteiger partial charge in [-0.05, 0) is 18.2 Å². The van der Waals surface area contributed by atoms with Crippen molar-refractivity contribution in [1.29, 1.82) is 0 Å². The van der Waals surface area contributed by atoms with Crippen LogP contribution in [-0.4, -0.2) is 10.9 Å². The second-order valence-corrected chi connectivity index (χ2v) is 4.30. The summed E-state index contributed by atoms with van der Waals surface area (Å²) in [5.74, 6) is -0.621. The normalized spacial score (nSPS) is 10.7. The van der Waals surface area contributed by atoms with Crippen molar-refractivity contribution in [3.8, 4) is 0 Å². The van der Waals surface area contributed by atoms with Crippen molar-refractivity contribution in [2.75, 3.05) is 0 Å². The molecule has 1 amide bonds. The molecule has 0 fully saturated rings. The van der Waals surface area contributed by atoms with Crippen molar-refractivity contribution in [2.45, 2.75) is 0 Å². The van der Waals surface area contributed by atoms with E-state index in [-0.39, 0.29) is 5.69 Å². The molecule has 2 aromatic rings. The molecule has 0 atom stereocenters. The Morgan fingerprint density at radius 2 is 1.88 bits per heavy atom. The lowest BCUT2D eigenvalue weighted by Crippen LogP contribution is -2.12. The summed E-state index contributed by atoms with van der Waals surface area (Å²) in [6, 6.07) is 4.57. The summed E-state index contributed by atoms with van der Waals surface area (Å²) in [4.78, 5) is 15.0. The van der Waals surface area contributed by atoms with E-state index in [4.69, 9.17) is 40.5 Å². The van der Waals surface area contributed by atoms with E-state index in [9.17, 15) is 4.79 Å². The molecule has 0 saturated heterocycles. The molecule has 0 unspecified atom stereocenters. The van der Waals surface area contributed by atoms with Gasteiger partial charge in [0.25, 0.3) is 5.91 Å². The molecule has 0 aliphatic heterocycles. The number of aromatic nitrogens is 1. The Kier molecular flexibility index (Phi) is 2.93. The maximum atomic E-state index is 11.0. The summed E-state index contributed by atoms with van der Waals surface area (Å²) < 4.78 is 0. The van der Waals surface area contributed by atoms with Gasteiger partial charge in [-0.3, -0.25) is 4.79 Å². The molecule has 3 nitrogen and oxygen atoms in total. The van der Waals surface area contributed by atoms with Crippen LogP contribution in [0.15, 0.2) is 18.2 Å². The number of amides is 1. The van der Waals surface area contributed by atoms with Crippen LogP contribution in [0.2, 0.25) is 15.1 Å². The van der Waals surface area contributed by atoms with Crippen LogP contribution in [0.25, 0.3) is 10.9 Å². The highest BCUT2D eigenvalue weighted by atomic mass is 35.5. The van der Waals surface area contributed by atoms with Crippen molar-refractivity contribution >= 4 is 51.6 Å². The number of rotatable bonds is 1. The fourth-order valence-corrected chi connectivity index (χ4v) is 2.05. The van der Waals surface area contributed by atoms with Gasteiger partial charge in [0.05, 0.1) is 20.6 Å². The molecule has 0 radical (unpaired) electrons. The number of pyridine rings is 1. The third-order valence-electron chi connectivity index (χ3n) is 2.07. The van der Waals surface area contributed by atoms with Crippen LogP contribution in [0.5, 0.6) is 0 Å². The molecule has 1 aromatic carbocycles. The highest BCUT2D eigenvalue weighted by molar-refractivity contribution is 6.47. The molecule has 2 N–H and O–H groups in total. The van der Waals surface area contributed by atoms with Crippen LogP contribution in [0.1, 0.15) is 10.5 Å². The van der Waals surface area contributed by atoms with E-state index in [1.807, 2.05) is 0 Å². The van der Waals surface area contributed by atoms with Gasteiger partial charge >= 0.3 is 0 Å². The van der Waals surface area contributed by atoms with E-state index in [0.29, 0.717) is 26.0 Å². The number of carbonyl (C=O) groups is 1. The van der Waals surface area contributed by atoms with Crippen molar-refractivity contribution in [3.63, 3.8) is 0 Å². The average Bonchev–Trinajstić information content (AvgIpc) is 2.25. The summed E-state index contributed by atoms with van der Waals surface area (Å²) in [7, 11) is 0. The van der Waals surface area contributed by atoms with E-state index < -0.39 is 5.91 Å². The lowest BCUT2D eigenvalue weighted by molar-refractivity contribution is 0.0996. The lowest BCUT2D eigenvalue weighted by atomic mass is 10.2. The van der Waals surface area contributed by atoms with Crippen molar-refractivity contribution < 1.29 is 4.79 Å². The Balaban J connectivity index is 2.84. The fraction of sp³-hybridized carbons (Fsp3) is 0. The fourth-order valence-electron chi connectivity index (χ4n) is 1.33. The van der Waals surface area contributed by atoms with Gasteiger partial charge < -0.3 is 5.73 Å². The molecule has 0 aliphatic rings. The van der Waals surface area contributed by atoms with Gasteiger partial charge in [-0.15, -0.1) is 0 Å². The Bertz CT molecular complexity index is 598. The van der Waals surface area contributed by atoms with E-state index in [1.165, 1.54) is 12.1 Å². The number of benzene rings is 1. The van der Waals surface area contributed by atoms with E-state index in [2.05, 4.69) is 4.98 Å². The van der Waals surface area contributed by atoms with Crippen molar-refractivity contribution in [2.24, 2.45) is 5.73 Å². The van der Waals surface area contributed by atoms with Gasteiger partial charge in [-0.2, -0.15) is 0 Å². The second-order valence-electron chi connectivity index (χ2n) is 3.11. The van der Waals surface area contributed by atoms with Gasteiger partial charge in [0.15, 0.2) is 0 Å². The number of nitrogens with zero attached hydrogens (tertiary/aromatic N) is 1. The molecule has 0 aliphatic carbocycles. The second kappa shape index (κ2) is 4.09. The number of halogens is 3. The first-order chi connectivity index (χ1) is 7.50. The number of hydrogen-bond acceptors (Lipinski definition) is 2. The first-order valence-corrected chi connectivity index (χ1v) is 5.38. The van der Waals surface area contributed by atoms with E-state index in [0.717, 1.165) is 0 Å². The number of carbonyl (C=O) groups excluding carboxylic acids is 1. The minimum absolute atomic E-state index is 0.132. The number of fused-ring (bicyclic) bond motifs is 1. The molecule has 0 bridgehead atoms. The van der Waals surface area contributed by atoms with Crippen LogP contribution in [0, 0.1) is 0 Å². The molecule has 0 saturated carbocycles. The minimum Gasteiger partial charge on any atom is -0.364 e. The molecule has 0 spiro atoms. The van der Waals surface area contributed by atoms with Gasteiger partial charge in [0, 0.05) is 5.39 Å². The molecular formula is C10H5Cl3N2O. The highest BCUT2D eigenvalue weighted by Crippen LogP contribution is 2.34. The molecule has 16 heavy (non-hydrogen) atoms. The largest absolute Gasteiger partial charge is 0.364 e. The topological polar surface area (TPSA) is 56.0 Å². The SMILES string of the molecule is NC(=O)c1ccc2c(Cl)c(Cl)cc(Cl)c2n1. The van der Waals surface area contributed by atoms with E-state index >= 15 is 0 Å². The molecule has 1 aromatic heterocycles. The lowest BCUT2D eigenvalue weighted by Gasteiger charge is -2.05. The summed E-state index contributed by atoms with van der Waals surface area (Å²) >= 11 is 17.8. The zero-order chi connectivity index (χ0) is 11.9. The molecular weight excluding hydrogens is 270 g/mol. The first-order valence-electron chi connectivity index (χ1n) is 4.24. The van der Waals surface area contributed by atoms with Crippen molar-refractivity contribution in [3.05, 3.63) is 39.0 Å². The van der Waals surface area contributed by atoms with Crippen LogP contribution in [0.4, 0.5) is 0 Å². The zero-order valence-electron chi connectivity index (χ0n) is 7.80. The van der Waals surface area contributed by atoms with Crippen LogP contribution in [0.3, 0.4) is 0 Å². The third-order valence-corrected chi connectivity index (χ3v) is 3.16. The maximum absolute atomic E-state index is 11.0. The molecule has 6 heteroatoms. The van der Waals surface area contributed by atoms with Crippen molar-refractivity contribution in [1.82, 2.24) is 4.98 Å². The summed E-state index contributed by atoms with van der Waals surface area (Å²) in [6.45, 7) is 0. The minimum atomic E-state index is -0.621. The summed E-state index contributed by atoms with van der Waals surface area (Å²) in [5, 5.41) is 1.61. The molecule has 2 rings (SSSR count). The number of primary amides is 1. The zero-order valence-corrected chi connectivity index (χ0v) is 10.1. The van der Waals surface area contributed by atoms with Crippen LogP contribution in [-0.2, 0) is 0 Å². The van der Waals surface area contributed by atoms with Gasteiger partial charge in [-0.25, -0.2) is 4.98 Å². The van der Waals surface area contributed by atoms with Gasteiger partial charge in [0.2, 0.25) is 0 Å². The standard InChI is InChI=1S/C10H5Cl3N2O/c11-5-3-6(12)9-4(8(5)13)1-2-7(15-9)10(14)16/h1-3H,(H2,14,16). The Labute approximate surface area is 106 Å². The van der Waals surface area contributed by atoms with Gasteiger partial charge in [-0.1, -0.05) is 34.8 Å². The Hall–Kier alpha value is -1.03. The van der Waals surface area contributed by atoms with E-state index in [1.54, 1.807) is 6.07 Å². The number of hydrogen-bond donors (Lipinski definition) is 1. The quantitative estimate of drug-likeness (QED) is 0.812. The maximum Gasteiger partial charge on any atom is 0.267 e. The predicted molar refractivity (Wildman–Crippen MR) is 65.3 cm³/mol. The number of nitrogens with two attached hydrogens (primary N) is 1. The highest BCUT2D eigenvalue weighted by Gasteiger charge is 2.11.